The van der Waals surface area contributed by atoms with Crippen LogP contribution in [0.3, 0.4) is 0 Å². The fourth-order valence-corrected chi connectivity index (χ4v) is 2.43. The molecule has 0 aliphatic heterocycles. The van der Waals surface area contributed by atoms with Crippen LogP contribution in [-0.2, 0) is 0 Å². The molecule has 0 aromatic carbocycles. The van der Waals surface area contributed by atoms with Gasteiger partial charge in [0, 0.05) is 11.9 Å². The van der Waals surface area contributed by atoms with Crippen molar-refractivity contribution >= 4 is 5.57 Å². The summed E-state index contributed by atoms with van der Waals surface area (Å²) in [5.74, 6) is 0.652. The molecule has 1 N–H and O–H groups in total. The number of hydrogen-bond donors (Lipinski definition) is 1. The normalized spacial score (nSPS) is 21.1. The molecule has 0 fully saturated rings. The fourth-order valence-electron chi connectivity index (χ4n) is 2.43. The minimum Gasteiger partial charge on any atom is -0.365 e. The first-order chi connectivity index (χ1) is 7.24. The van der Waals surface area contributed by atoms with Gasteiger partial charge in [-0.05, 0) is 48.5 Å². The zero-order valence-electron chi connectivity index (χ0n) is 9.80. The molecule has 0 bridgehead atoms. The number of aromatic amines is 1. The van der Waals surface area contributed by atoms with Crippen LogP contribution in [0.25, 0.3) is 5.57 Å². The van der Waals surface area contributed by atoms with Crippen molar-refractivity contribution in [3.8, 4) is 0 Å². The Bertz CT molecular complexity index is 407. The summed E-state index contributed by atoms with van der Waals surface area (Å²) in [4.78, 5) is 3.27. The van der Waals surface area contributed by atoms with E-state index in [1.54, 1.807) is 5.57 Å². The molecule has 1 unspecified atom stereocenters. The maximum atomic E-state index is 3.27. The highest BCUT2D eigenvalue weighted by Crippen LogP contribution is 2.35. The third-order valence-corrected chi connectivity index (χ3v) is 3.27. The van der Waals surface area contributed by atoms with Crippen LogP contribution in [0.1, 0.15) is 37.9 Å². The molecule has 1 atom stereocenters. The van der Waals surface area contributed by atoms with Gasteiger partial charge in [0.2, 0.25) is 0 Å². The predicted octanol–water partition coefficient (Wildman–Crippen LogP) is 4.08. The van der Waals surface area contributed by atoms with Crippen molar-refractivity contribution in [1.82, 2.24) is 4.98 Å². The third-order valence-electron chi connectivity index (χ3n) is 3.27. The lowest BCUT2D eigenvalue weighted by molar-refractivity contribution is 0.746. The van der Waals surface area contributed by atoms with Crippen LogP contribution in [0.5, 0.6) is 0 Å². The van der Waals surface area contributed by atoms with Crippen molar-refractivity contribution < 1.29 is 0 Å². The highest BCUT2D eigenvalue weighted by molar-refractivity contribution is 5.75. The number of hydrogen-bond acceptors (Lipinski definition) is 0. The van der Waals surface area contributed by atoms with Crippen molar-refractivity contribution in [2.45, 2.75) is 33.6 Å². The van der Waals surface area contributed by atoms with Gasteiger partial charge in [0.25, 0.3) is 0 Å². The van der Waals surface area contributed by atoms with E-state index in [0.29, 0.717) is 5.92 Å². The lowest BCUT2D eigenvalue weighted by atomic mass is 9.83. The Labute approximate surface area is 91.9 Å². The maximum absolute atomic E-state index is 3.27. The lowest BCUT2D eigenvalue weighted by Crippen LogP contribution is -2.05. The molecule has 0 spiro atoms. The summed E-state index contributed by atoms with van der Waals surface area (Å²) < 4.78 is 0. The van der Waals surface area contributed by atoms with Crippen LogP contribution in [0, 0.1) is 12.8 Å². The molecule has 1 aromatic rings. The Hall–Kier alpha value is -1.24. The van der Waals surface area contributed by atoms with Gasteiger partial charge in [-0.3, -0.25) is 0 Å². The second kappa shape index (κ2) is 4.09. The van der Waals surface area contributed by atoms with E-state index in [2.05, 4.69) is 44.0 Å². The molecular weight excluding hydrogens is 182 g/mol. The molecule has 80 valence electrons. The van der Waals surface area contributed by atoms with Crippen molar-refractivity contribution in [2.75, 3.05) is 0 Å². The molecule has 2 rings (SSSR count). The third kappa shape index (κ3) is 1.79. The molecule has 1 aromatic heterocycles. The summed E-state index contributed by atoms with van der Waals surface area (Å²) in [6.45, 7) is 6.71. The number of nitrogens with one attached hydrogen (secondary N) is 1. The van der Waals surface area contributed by atoms with Crippen molar-refractivity contribution in [1.29, 1.82) is 0 Å². The SMILES string of the molecule is CCC1=C(c2cc[nH]c2C)C(C)CC=C1. The molecule has 1 heteroatoms. The van der Waals surface area contributed by atoms with Crippen LogP contribution in [-0.4, -0.2) is 4.98 Å². The smallest absolute Gasteiger partial charge is 0.0192 e. The molecule has 0 saturated heterocycles. The number of rotatable bonds is 2. The largest absolute Gasteiger partial charge is 0.365 e. The number of H-pyrrole nitrogens is 1. The van der Waals surface area contributed by atoms with Gasteiger partial charge < -0.3 is 4.98 Å². The van der Waals surface area contributed by atoms with Crippen molar-refractivity contribution in [3.05, 3.63) is 41.2 Å². The Morgan fingerprint density at radius 2 is 2.27 bits per heavy atom. The first-order valence-electron chi connectivity index (χ1n) is 5.78. The molecular formula is C14H19N. The van der Waals surface area contributed by atoms with Crippen LogP contribution in [0.2, 0.25) is 0 Å². The van der Waals surface area contributed by atoms with Crippen molar-refractivity contribution in [3.63, 3.8) is 0 Å². The highest BCUT2D eigenvalue weighted by atomic mass is 14.7. The maximum Gasteiger partial charge on any atom is 0.0192 e. The summed E-state index contributed by atoms with van der Waals surface area (Å²) in [7, 11) is 0. The van der Waals surface area contributed by atoms with E-state index in [4.69, 9.17) is 0 Å². The predicted molar refractivity (Wildman–Crippen MR) is 65.7 cm³/mol. The van der Waals surface area contributed by atoms with E-state index in [1.165, 1.54) is 23.3 Å². The van der Waals surface area contributed by atoms with E-state index in [9.17, 15) is 0 Å². The number of aromatic nitrogens is 1. The molecule has 0 saturated carbocycles. The molecule has 1 nitrogen and oxygen atoms in total. The molecule has 0 radical (unpaired) electrons. The summed E-state index contributed by atoms with van der Waals surface area (Å²) in [6.07, 6.45) is 8.93. The van der Waals surface area contributed by atoms with Gasteiger partial charge in [0.05, 0.1) is 0 Å². The van der Waals surface area contributed by atoms with Gasteiger partial charge in [-0.1, -0.05) is 26.0 Å². The second-order valence-corrected chi connectivity index (χ2v) is 4.35. The molecule has 1 heterocycles. The lowest BCUT2D eigenvalue weighted by Gasteiger charge is -2.22. The van der Waals surface area contributed by atoms with E-state index < -0.39 is 0 Å². The zero-order chi connectivity index (χ0) is 10.8. The van der Waals surface area contributed by atoms with Gasteiger partial charge in [-0.25, -0.2) is 0 Å². The zero-order valence-corrected chi connectivity index (χ0v) is 9.80. The monoisotopic (exact) mass is 201 g/mol. The van der Waals surface area contributed by atoms with E-state index in [1.807, 2.05) is 6.20 Å². The van der Waals surface area contributed by atoms with Gasteiger partial charge in [-0.2, -0.15) is 0 Å². The van der Waals surface area contributed by atoms with Crippen LogP contribution < -0.4 is 0 Å². The van der Waals surface area contributed by atoms with Gasteiger partial charge >= 0.3 is 0 Å². The van der Waals surface area contributed by atoms with Crippen LogP contribution in [0.15, 0.2) is 30.0 Å². The topological polar surface area (TPSA) is 15.8 Å². The minimum absolute atomic E-state index is 0.652. The minimum atomic E-state index is 0.652. The summed E-state index contributed by atoms with van der Waals surface area (Å²) in [5.41, 5.74) is 5.73. The van der Waals surface area contributed by atoms with Crippen LogP contribution >= 0.6 is 0 Å². The first kappa shape index (κ1) is 10.3. The Morgan fingerprint density at radius 3 is 2.87 bits per heavy atom. The Morgan fingerprint density at radius 1 is 1.47 bits per heavy atom. The average Bonchev–Trinajstić information content (AvgIpc) is 2.64. The van der Waals surface area contributed by atoms with Crippen molar-refractivity contribution in [2.24, 2.45) is 5.92 Å². The Balaban J connectivity index is 2.52. The molecule has 1 aliphatic carbocycles. The van der Waals surface area contributed by atoms with Gasteiger partial charge in [0.15, 0.2) is 0 Å². The highest BCUT2D eigenvalue weighted by Gasteiger charge is 2.18. The van der Waals surface area contributed by atoms with Gasteiger partial charge in [-0.15, -0.1) is 0 Å². The van der Waals surface area contributed by atoms with Crippen LogP contribution in [0.4, 0.5) is 0 Å². The number of aryl methyl sites for hydroxylation is 1. The summed E-state index contributed by atoms with van der Waals surface area (Å²) >= 11 is 0. The molecule has 0 amide bonds. The van der Waals surface area contributed by atoms with Gasteiger partial charge in [0.1, 0.15) is 0 Å². The second-order valence-electron chi connectivity index (χ2n) is 4.35. The summed E-state index contributed by atoms with van der Waals surface area (Å²) in [5, 5.41) is 0. The Kier molecular flexibility index (Phi) is 2.81. The van der Waals surface area contributed by atoms with E-state index in [-0.39, 0.29) is 0 Å². The number of allylic oxidation sites excluding steroid dienone is 4. The molecule has 1 aliphatic rings. The van der Waals surface area contributed by atoms with E-state index >= 15 is 0 Å². The standard InChI is InChI=1S/C14H19N/c1-4-12-7-5-6-10(2)14(12)13-8-9-15-11(13)3/h5,7-10,15H,4,6H2,1-3H3. The summed E-state index contributed by atoms with van der Waals surface area (Å²) in [6, 6.07) is 2.20. The van der Waals surface area contributed by atoms with E-state index in [0.717, 1.165) is 6.42 Å². The first-order valence-corrected chi connectivity index (χ1v) is 5.78. The fraction of sp³-hybridized carbons (Fsp3) is 0.429. The average molecular weight is 201 g/mol. The molecule has 15 heavy (non-hydrogen) atoms. The quantitative estimate of drug-likeness (QED) is 0.742.